The minimum atomic E-state index is 0.278. The molecule has 2 heteroatoms. The second kappa shape index (κ2) is 6.33. The van der Waals surface area contributed by atoms with Crippen molar-refractivity contribution < 1.29 is 4.74 Å². The Hall–Kier alpha value is -1.28. The fourth-order valence-corrected chi connectivity index (χ4v) is 1.77. The van der Waals surface area contributed by atoms with Gasteiger partial charge in [-0.05, 0) is 33.4 Å². The number of benzene rings is 1. The van der Waals surface area contributed by atoms with Gasteiger partial charge in [0.2, 0.25) is 0 Å². The zero-order valence-corrected chi connectivity index (χ0v) is 10.4. The number of nitrogens with one attached hydrogen (secondary N) is 1. The van der Waals surface area contributed by atoms with Crippen LogP contribution in [-0.4, -0.2) is 13.7 Å². The Morgan fingerprint density at radius 1 is 1.44 bits per heavy atom. The van der Waals surface area contributed by atoms with Crippen molar-refractivity contribution in [3.8, 4) is 5.75 Å². The van der Waals surface area contributed by atoms with Gasteiger partial charge < -0.3 is 10.1 Å². The van der Waals surface area contributed by atoms with Crippen molar-refractivity contribution >= 4 is 0 Å². The zero-order valence-electron chi connectivity index (χ0n) is 10.4. The molecule has 0 saturated carbocycles. The minimum Gasteiger partial charge on any atom is -0.494 e. The lowest BCUT2D eigenvalue weighted by Gasteiger charge is -2.19. The maximum Gasteiger partial charge on any atom is 0.124 e. The summed E-state index contributed by atoms with van der Waals surface area (Å²) in [4.78, 5) is 0. The van der Waals surface area contributed by atoms with Crippen LogP contribution >= 0.6 is 0 Å². The average Bonchev–Trinajstić information content (AvgIpc) is 2.27. The third kappa shape index (κ3) is 3.38. The molecular formula is C14H21NO. The van der Waals surface area contributed by atoms with Gasteiger partial charge in [0, 0.05) is 11.6 Å². The van der Waals surface area contributed by atoms with E-state index in [0.717, 1.165) is 12.2 Å². The summed E-state index contributed by atoms with van der Waals surface area (Å²) in [6.45, 7) is 8.71. The molecule has 0 amide bonds. The molecule has 0 aliphatic rings. The third-order valence-electron chi connectivity index (χ3n) is 2.50. The van der Waals surface area contributed by atoms with E-state index in [-0.39, 0.29) is 6.04 Å². The molecule has 1 aromatic carbocycles. The fraction of sp³-hybridized carbons (Fsp3) is 0.429. The van der Waals surface area contributed by atoms with Gasteiger partial charge in [-0.3, -0.25) is 0 Å². The number of para-hydroxylation sites is 1. The Labute approximate surface area is 98.3 Å². The van der Waals surface area contributed by atoms with Crippen molar-refractivity contribution in [2.45, 2.75) is 26.3 Å². The first-order valence-electron chi connectivity index (χ1n) is 5.72. The van der Waals surface area contributed by atoms with Crippen molar-refractivity contribution in [2.24, 2.45) is 0 Å². The predicted molar refractivity (Wildman–Crippen MR) is 68.8 cm³/mol. The standard InChI is InChI=1S/C14H21NO/c1-5-16-14-9-7-6-8-12(14)13(15-4)10-11(2)3/h6-9,13,15H,2,5,10H2,1,3-4H3. The molecule has 1 rings (SSSR count). The Morgan fingerprint density at radius 3 is 2.69 bits per heavy atom. The van der Waals surface area contributed by atoms with E-state index < -0.39 is 0 Å². The van der Waals surface area contributed by atoms with Gasteiger partial charge in [-0.2, -0.15) is 0 Å². The number of ether oxygens (including phenoxy) is 1. The Balaban J connectivity index is 2.94. The molecular weight excluding hydrogens is 198 g/mol. The second-order valence-electron chi connectivity index (χ2n) is 3.97. The van der Waals surface area contributed by atoms with E-state index in [1.165, 1.54) is 11.1 Å². The molecule has 1 unspecified atom stereocenters. The van der Waals surface area contributed by atoms with Crippen molar-refractivity contribution in [1.29, 1.82) is 0 Å². The third-order valence-corrected chi connectivity index (χ3v) is 2.50. The number of hydrogen-bond donors (Lipinski definition) is 1. The maximum absolute atomic E-state index is 5.63. The average molecular weight is 219 g/mol. The van der Waals surface area contributed by atoms with Crippen molar-refractivity contribution in [3.05, 3.63) is 42.0 Å². The quantitative estimate of drug-likeness (QED) is 0.741. The van der Waals surface area contributed by atoms with Gasteiger partial charge in [0.05, 0.1) is 6.61 Å². The van der Waals surface area contributed by atoms with Crippen LogP contribution in [0.1, 0.15) is 31.9 Å². The first-order chi connectivity index (χ1) is 7.69. The van der Waals surface area contributed by atoms with Crippen LogP contribution in [0, 0.1) is 0 Å². The van der Waals surface area contributed by atoms with E-state index in [1.54, 1.807) is 0 Å². The van der Waals surface area contributed by atoms with Gasteiger partial charge in [-0.15, -0.1) is 6.58 Å². The van der Waals surface area contributed by atoms with Crippen LogP contribution in [0.2, 0.25) is 0 Å². The zero-order chi connectivity index (χ0) is 12.0. The largest absolute Gasteiger partial charge is 0.494 e. The summed E-state index contributed by atoms with van der Waals surface area (Å²) in [5.74, 6) is 0.964. The van der Waals surface area contributed by atoms with Gasteiger partial charge >= 0.3 is 0 Å². The van der Waals surface area contributed by atoms with Crippen molar-refractivity contribution in [1.82, 2.24) is 5.32 Å². The van der Waals surface area contributed by atoms with Gasteiger partial charge in [0.15, 0.2) is 0 Å². The minimum absolute atomic E-state index is 0.278. The normalized spacial score (nSPS) is 12.2. The molecule has 0 aromatic heterocycles. The Kier molecular flexibility index (Phi) is 5.06. The van der Waals surface area contributed by atoms with Crippen LogP contribution in [0.15, 0.2) is 36.4 Å². The molecule has 0 spiro atoms. The summed E-state index contributed by atoms with van der Waals surface area (Å²) >= 11 is 0. The molecule has 1 aromatic rings. The highest BCUT2D eigenvalue weighted by Crippen LogP contribution is 2.28. The van der Waals surface area contributed by atoms with Crippen LogP contribution in [0.25, 0.3) is 0 Å². The highest BCUT2D eigenvalue weighted by Gasteiger charge is 2.13. The van der Waals surface area contributed by atoms with Crippen LogP contribution in [-0.2, 0) is 0 Å². The van der Waals surface area contributed by atoms with E-state index in [9.17, 15) is 0 Å². The van der Waals surface area contributed by atoms with Crippen molar-refractivity contribution in [2.75, 3.05) is 13.7 Å². The lowest BCUT2D eigenvalue weighted by Crippen LogP contribution is -2.17. The summed E-state index contributed by atoms with van der Waals surface area (Å²) in [6.07, 6.45) is 0.931. The van der Waals surface area contributed by atoms with E-state index in [2.05, 4.69) is 18.0 Å². The second-order valence-corrected chi connectivity index (χ2v) is 3.97. The summed E-state index contributed by atoms with van der Waals surface area (Å²) in [7, 11) is 1.97. The summed E-state index contributed by atoms with van der Waals surface area (Å²) in [5.41, 5.74) is 2.38. The van der Waals surface area contributed by atoms with E-state index in [0.29, 0.717) is 6.61 Å². The van der Waals surface area contributed by atoms with Gasteiger partial charge in [-0.1, -0.05) is 23.8 Å². The highest BCUT2D eigenvalue weighted by atomic mass is 16.5. The predicted octanol–water partition coefficient (Wildman–Crippen LogP) is 3.31. The Bertz CT molecular complexity index is 346. The lowest BCUT2D eigenvalue weighted by atomic mass is 9.99. The fourth-order valence-electron chi connectivity index (χ4n) is 1.77. The van der Waals surface area contributed by atoms with Gasteiger partial charge in [-0.25, -0.2) is 0 Å². The molecule has 0 heterocycles. The molecule has 0 radical (unpaired) electrons. The Morgan fingerprint density at radius 2 is 2.12 bits per heavy atom. The van der Waals surface area contributed by atoms with Crippen LogP contribution < -0.4 is 10.1 Å². The maximum atomic E-state index is 5.63. The molecule has 1 atom stereocenters. The van der Waals surface area contributed by atoms with Gasteiger partial charge in [0.25, 0.3) is 0 Å². The van der Waals surface area contributed by atoms with Gasteiger partial charge in [0.1, 0.15) is 5.75 Å². The van der Waals surface area contributed by atoms with Crippen molar-refractivity contribution in [3.63, 3.8) is 0 Å². The number of rotatable bonds is 6. The monoisotopic (exact) mass is 219 g/mol. The lowest BCUT2D eigenvalue weighted by molar-refractivity contribution is 0.332. The van der Waals surface area contributed by atoms with Crippen LogP contribution in [0.3, 0.4) is 0 Å². The molecule has 16 heavy (non-hydrogen) atoms. The first-order valence-corrected chi connectivity index (χ1v) is 5.72. The summed E-state index contributed by atoms with van der Waals surface area (Å²) in [6, 6.07) is 8.44. The van der Waals surface area contributed by atoms with Crippen LogP contribution in [0.5, 0.6) is 5.75 Å². The van der Waals surface area contributed by atoms with E-state index >= 15 is 0 Å². The molecule has 0 aliphatic heterocycles. The van der Waals surface area contributed by atoms with E-state index in [1.807, 2.05) is 39.1 Å². The summed E-state index contributed by atoms with van der Waals surface area (Å²) < 4.78 is 5.63. The molecule has 0 saturated heterocycles. The molecule has 0 bridgehead atoms. The number of hydrogen-bond acceptors (Lipinski definition) is 2. The molecule has 0 aliphatic carbocycles. The molecule has 88 valence electrons. The summed E-state index contributed by atoms with van der Waals surface area (Å²) in [5, 5.41) is 3.31. The molecule has 0 fully saturated rings. The smallest absolute Gasteiger partial charge is 0.124 e. The molecule has 2 nitrogen and oxygen atoms in total. The highest BCUT2D eigenvalue weighted by molar-refractivity contribution is 5.36. The topological polar surface area (TPSA) is 21.3 Å². The first kappa shape index (κ1) is 12.8. The van der Waals surface area contributed by atoms with E-state index in [4.69, 9.17) is 4.74 Å². The molecule has 1 N–H and O–H groups in total. The SMILES string of the molecule is C=C(C)CC(NC)c1ccccc1OCC. The van der Waals surface area contributed by atoms with Crippen LogP contribution in [0.4, 0.5) is 0 Å².